The van der Waals surface area contributed by atoms with Crippen molar-refractivity contribution in [2.45, 2.75) is 25.7 Å². The number of rotatable bonds is 7. The lowest BCUT2D eigenvalue weighted by Crippen LogP contribution is -2.35. The molecule has 0 radical (unpaired) electrons. The van der Waals surface area contributed by atoms with E-state index in [0.29, 0.717) is 11.0 Å². The van der Waals surface area contributed by atoms with E-state index in [1.165, 1.54) is 36.7 Å². The highest BCUT2D eigenvalue weighted by Crippen LogP contribution is 2.49. The maximum Gasteiger partial charge on any atom is 0.253 e. The minimum Gasteiger partial charge on any atom is -0.383 e. The highest BCUT2D eigenvalue weighted by atomic mass is 35.5. The van der Waals surface area contributed by atoms with Gasteiger partial charge in [0.1, 0.15) is 6.33 Å². The summed E-state index contributed by atoms with van der Waals surface area (Å²) in [5.74, 6) is 3.75. The fourth-order valence-corrected chi connectivity index (χ4v) is 4.46. The zero-order chi connectivity index (χ0) is 20.3. The van der Waals surface area contributed by atoms with E-state index in [9.17, 15) is 0 Å². The number of halogens is 1. The number of piperidine rings is 1. The van der Waals surface area contributed by atoms with Gasteiger partial charge < -0.3 is 10.2 Å². The standard InChI is InChI=1S/C19H23ClN10/c20-15-8-22-18(23-9-15)29-5-2-13(3-6-29)17-7-14(17)1-4-21-16-10-24-19(25-11-16)30-12-26-27-28-30/h8-14,17,21H,1-7H2/t14-,17-/m1/s1. The average molecular weight is 427 g/mol. The lowest BCUT2D eigenvalue weighted by Gasteiger charge is -2.32. The highest BCUT2D eigenvalue weighted by Gasteiger charge is 2.43. The molecule has 3 aromatic rings. The molecular formula is C19H23ClN10. The molecule has 1 saturated heterocycles. The van der Waals surface area contributed by atoms with Gasteiger partial charge in [-0.2, -0.15) is 4.68 Å². The van der Waals surface area contributed by atoms with Crippen LogP contribution in [0.4, 0.5) is 11.6 Å². The molecule has 0 unspecified atom stereocenters. The molecule has 1 saturated carbocycles. The van der Waals surface area contributed by atoms with Gasteiger partial charge in [-0.1, -0.05) is 11.6 Å². The molecule has 10 nitrogen and oxygen atoms in total. The number of anilines is 2. The van der Waals surface area contributed by atoms with Crippen LogP contribution < -0.4 is 10.2 Å². The Kier molecular flexibility index (Phi) is 5.39. The lowest BCUT2D eigenvalue weighted by atomic mass is 9.90. The van der Waals surface area contributed by atoms with Crippen LogP contribution in [0, 0.1) is 17.8 Å². The predicted octanol–water partition coefficient (Wildman–Crippen LogP) is 2.25. The Balaban J connectivity index is 1.03. The van der Waals surface area contributed by atoms with Gasteiger partial charge in [0.15, 0.2) is 0 Å². The van der Waals surface area contributed by atoms with Crippen molar-refractivity contribution in [2.24, 2.45) is 17.8 Å². The molecular weight excluding hydrogens is 404 g/mol. The maximum absolute atomic E-state index is 5.88. The quantitative estimate of drug-likeness (QED) is 0.607. The fourth-order valence-electron chi connectivity index (χ4n) is 4.36. The van der Waals surface area contributed by atoms with Crippen molar-refractivity contribution >= 4 is 23.2 Å². The predicted molar refractivity (Wildman–Crippen MR) is 111 cm³/mol. The summed E-state index contributed by atoms with van der Waals surface area (Å²) in [6.45, 7) is 2.99. The van der Waals surface area contributed by atoms with Crippen LogP contribution in [0.1, 0.15) is 25.7 Å². The Labute approximate surface area is 179 Å². The highest BCUT2D eigenvalue weighted by molar-refractivity contribution is 6.30. The Bertz CT molecular complexity index is 938. The van der Waals surface area contributed by atoms with Crippen molar-refractivity contribution in [1.82, 2.24) is 40.1 Å². The molecule has 0 amide bonds. The molecule has 2 aliphatic rings. The molecule has 2 atom stereocenters. The zero-order valence-electron chi connectivity index (χ0n) is 16.5. The lowest BCUT2D eigenvalue weighted by molar-refractivity contribution is 0.343. The van der Waals surface area contributed by atoms with Gasteiger partial charge in [-0.15, -0.1) is 5.10 Å². The molecule has 0 aromatic carbocycles. The van der Waals surface area contributed by atoms with Crippen LogP contribution in [0.25, 0.3) is 5.95 Å². The van der Waals surface area contributed by atoms with Crippen molar-refractivity contribution in [3.8, 4) is 5.95 Å². The Morgan fingerprint density at radius 2 is 1.73 bits per heavy atom. The summed E-state index contributed by atoms with van der Waals surface area (Å²) in [7, 11) is 0. The van der Waals surface area contributed by atoms with Gasteiger partial charge in [-0.25, -0.2) is 19.9 Å². The van der Waals surface area contributed by atoms with E-state index >= 15 is 0 Å². The third-order valence-electron chi connectivity index (χ3n) is 6.05. The van der Waals surface area contributed by atoms with Crippen molar-refractivity contribution in [3.63, 3.8) is 0 Å². The topological polar surface area (TPSA) is 110 Å². The Hall–Kier alpha value is -2.88. The second-order valence-electron chi connectivity index (χ2n) is 7.93. The molecule has 156 valence electrons. The fraction of sp³-hybridized carbons (Fsp3) is 0.526. The van der Waals surface area contributed by atoms with E-state index in [4.69, 9.17) is 11.6 Å². The second kappa shape index (κ2) is 8.47. The van der Waals surface area contributed by atoms with E-state index in [1.807, 2.05) is 0 Å². The van der Waals surface area contributed by atoms with Gasteiger partial charge in [0.2, 0.25) is 5.95 Å². The molecule has 5 rings (SSSR count). The summed E-state index contributed by atoms with van der Waals surface area (Å²) in [5, 5.41) is 15.0. The Morgan fingerprint density at radius 3 is 2.43 bits per heavy atom. The number of hydrogen-bond donors (Lipinski definition) is 1. The third-order valence-corrected chi connectivity index (χ3v) is 6.24. The SMILES string of the molecule is Clc1cnc(N2CCC([C@H]3C[C@H]3CCNc3cnc(-n4cnnn4)nc3)CC2)nc1. The summed E-state index contributed by atoms with van der Waals surface area (Å²) in [5.41, 5.74) is 0.917. The maximum atomic E-state index is 5.88. The molecule has 0 bridgehead atoms. The first kappa shape index (κ1) is 19.1. The van der Waals surface area contributed by atoms with Crippen LogP contribution in [-0.2, 0) is 0 Å². The van der Waals surface area contributed by atoms with Crippen LogP contribution in [-0.4, -0.2) is 59.8 Å². The smallest absolute Gasteiger partial charge is 0.253 e. The molecule has 2 fully saturated rings. The van der Waals surface area contributed by atoms with Crippen molar-refractivity contribution in [2.75, 3.05) is 29.9 Å². The number of hydrogen-bond acceptors (Lipinski definition) is 9. The summed E-state index contributed by atoms with van der Waals surface area (Å²) in [6.07, 6.45) is 13.3. The summed E-state index contributed by atoms with van der Waals surface area (Å²) >= 11 is 5.88. The number of aromatic nitrogens is 8. The van der Waals surface area contributed by atoms with Gasteiger partial charge in [0.05, 0.1) is 35.5 Å². The summed E-state index contributed by atoms with van der Waals surface area (Å²) < 4.78 is 1.43. The third kappa shape index (κ3) is 4.33. The van der Waals surface area contributed by atoms with Gasteiger partial charge in [0.25, 0.3) is 5.95 Å². The van der Waals surface area contributed by atoms with E-state index in [0.717, 1.165) is 49.0 Å². The first-order valence-electron chi connectivity index (χ1n) is 10.3. The van der Waals surface area contributed by atoms with E-state index in [-0.39, 0.29) is 0 Å². The van der Waals surface area contributed by atoms with E-state index in [1.54, 1.807) is 24.8 Å². The van der Waals surface area contributed by atoms with Crippen molar-refractivity contribution < 1.29 is 0 Å². The molecule has 1 aliphatic carbocycles. The zero-order valence-corrected chi connectivity index (χ0v) is 17.2. The minimum atomic E-state index is 0.461. The molecule has 4 heterocycles. The molecule has 30 heavy (non-hydrogen) atoms. The monoisotopic (exact) mass is 426 g/mol. The van der Waals surface area contributed by atoms with Crippen LogP contribution >= 0.6 is 11.6 Å². The van der Waals surface area contributed by atoms with Crippen LogP contribution in [0.2, 0.25) is 5.02 Å². The van der Waals surface area contributed by atoms with Crippen LogP contribution in [0.15, 0.2) is 31.1 Å². The number of tetrazole rings is 1. The molecule has 1 N–H and O–H groups in total. The van der Waals surface area contributed by atoms with E-state index < -0.39 is 0 Å². The Morgan fingerprint density at radius 1 is 1.00 bits per heavy atom. The number of nitrogens with one attached hydrogen (secondary N) is 1. The van der Waals surface area contributed by atoms with Gasteiger partial charge in [-0.3, -0.25) is 0 Å². The summed E-state index contributed by atoms with van der Waals surface area (Å²) in [6, 6.07) is 0. The van der Waals surface area contributed by atoms with Gasteiger partial charge >= 0.3 is 0 Å². The second-order valence-corrected chi connectivity index (χ2v) is 8.36. The molecule has 1 aliphatic heterocycles. The normalized spacial score (nSPS) is 21.6. The van der Waals surface area contributed by atoms with Crippen LogP contribution in [0.5, 0.6) is 0 Å². The van der Waals surface area contributed by atoms with Crippen LogP contribution in [0.3, 0.4) is 0 Å². The molecule has 3 aromatic heterocycles. The largest absolute Gasteiger partial charge is 0.383 e. The number of nitrogens with zero attached hydrogens (tertiary/aromatic N) is 9. The van der Waals surface area contributed by atoms with E-state index in [2.05, 4.69) is 45.7 Å². The molecule has 0 spiro atoms. The van der Waals surface area contributed by atoms with Gasteiger partial charge in [-0.05, 0) is 53.9 Å². The average Bonchev–Trinajstić information content (AvgIpc) is 3.34. The first-order chi connectivity index (χ1) is 14.8. The van der Waals surface area contributed by atoms with Crippen molar-refractivity contribution in [1.29, 1.82) is 0 Å². The van der Waals surface area contributed by atoms with Crippen molar-refractivity contribution in [3.05, 3.63) is 36.1 Å². The first-order valence-corrected chi connectivity index (χ1v) is 10.7. The summed E-state index contributed by atoms with van der Waals surface area (Å²) in [4.78, 5) is 19.5. The van der Waals surface area contributed by atoms with Gasteiger partial charge in [0, 0.05) is 19.6 Å². The molecule has 11 heteroatoms. The minimum absolute atomic E-state index is 0.461.